The predicted octanol–water partition coefficient (Wildman–Crippen LogP) is 2.92. The van der Waals surface area contributed by atoms with E-state index in [0.717, 1.165) is 37.7 Å². The van der Waals surface area contributed by atoms with Crippen LogP contribution in [0.4, 0.5) is 0 Å². The molecule has 120 valence electrons. The Balaban J connectivity index is 2.42. The second-order valence-corrected chi connectivity index (χ2v) is 5.03. The van der Waals surface area contributed by atoms with E-state index in [1.54, 1.807) is 7.11 Å². The molecule has 0 radical (unpaired) electrons. The quantitative estimate of drug-likeness (QED) is 0.636. The molecule has 0 unspecified atom stereocenters. The van der Waals surface area contributed by atoms with Gasteiger partial charge in [-0.2, -0.15) is 0 Å². The highest BCUT2D eigenvalue weighted by Gasteiger charge is 2.05. The molecule has 0 aliphatic carbocycles. The van der Waals surface area contributed by atoms with Crippen molar-refractivity contribution in [2.24, 2.45) is 0 Å². The summed E-state index contributed by atoms with van der Waals surface area (Å²) < 4.78 is 10.9. The Morgan fingerprint density at radius 1 is 1.10 bits per heavy atom. The molecule has 0 heterocycles. The highest BCUT2D eigenvalue weighted by atomic mass is 16.5. The molecule has 0 aliphatic heterocycles. The van der Waals surface area contributed by atoms with E-state index in [4.69, 9.17) is 9.47 Å². The van der Waals surface area contributed by atoms with Gasteiger partial charge >= 0.3 is 0 Å². The normalized spacial score (nSPS) is 10.9. The first kappa shape index (κ1) is 17.8. The van der Waals surface area contributed by atoms with Crippen molar-refractivity contribution in [3.63, 3.8) is 0 Å². The molecule has 1 N–H and O–H groups in total. The Morgan fingerprint density at radius 3 is 2.52 bits per heavy atom. The second-order valence-electron chi connectivity index (χ2n) is 5.03. The SMILES string of the molecule is CCCN(CC)CCNCc1ccc(OC)c(OCC)c1. The van der Waals surface area contributed by atoms with Crippen molar-refractivity contribution in [1.82, 2.24) is 10.2 Å². The van der Waals surface area contributed by atoms with Gasteiger partial charge in [0, 0.05) is 19.6 Å². The van der Waals surface area contributed by atoms with E-state index in [2.05, 4.69) is 36.2 Å². The summed E-state index contributed by atoms with van der Waals surface area (Å²) in [5.74, 6) is 1.61. The molecule has 0 bridgehead atoms. The molecule has 0 aromatic heterocycles. The first-order valence-corrected chi connectivity index (χ1v) is 7.97. The number of rotatable bonds is 11. The molecule has 0 fully saturated rings. The van der Waals surface area contributed by atoms with Gasteiger partial charge in [-0.15, -0.1) is 0 Å². The summed E-state index contributed by atoms with van der Waals surface area (Å²) in [5, 5.41) is 3.49. The van der Waals surface area contributed by atoms with E-state index in [1.807, 2.05) is 13.0 Å². The Hall–Kier alpha value is -1.26. The molecule has 0 saturated carbocycles. The first-order valence-electron chi connectivity index (χ1n) is 7.97. The lowest BCUT2D eigenvalue weighted by atomic mass is 10.2. The molecule has 4 heteroatoms. The monoisotopic (exact) mass is 294 g/mol. The van der Waals surface area contributed by atoms with Crippen LogP contribution in [0.15, 0.2) is 18.2 Å². The minimum absolute atomic E-state index is 0.649. The lowest BCUT2D eigenvalue weighted by Gasteiger charge is -2.19. The fourth-order valence-electron chi connectivity index (χ4n) is 2.31. The number of likely N-dealkylation sites (N-methyl/N-ethyl adjacent to an activating group) is 1. The van der Waals surface area contributed by atoms with E-state index in [-0.39, 0.29) is 0 Å². The molecule has 1 aromatic carbocycles. The maximum Gasteiger partial charge on any atom is 0.161 e. The van der Waals surface area contributed by atoms with Crippen LogP contribution in [0.3, 0.4) is 0 Å². The van der Waals surface area contributed by atoms with Crippen molar-refractivity contribution < 1.29 is 9.47 Å². The third-order valence-corrected chi connectivity index (χ3v) is 3.45. The van der Waals surface area contributed by atoms with Crippen molar-refractivity contribution >= 4 is 0 Å². The van der Waals surface area contributed by atoms with Gasteiger partial charge < -0.3 is 19.7 Å². The van der Waals surface area contributed by atoms with E-state index in [9.17, 15) is 0 Å². The zero-order valence-electron chi connectivity index (χ0n) is 13.9. The number of hydrogen-bond acceptors (Lipinski definition) is 4. The smallest absolute Gasteiger partial charge is 0.161 e. The summed E-state index contributed by atoms with van der Waals surface area (Å²) in [6.45, 7) is 12.3. The lowest BCUT2D eigenvalue weighted by molar-refractivity contribution is 0.287. The molecule has 4 nitrogen and oxygen atoms in total. The summed E-state index contributed by atoms with van der Waals surface area (Å²) in [4.78, 5) is 2.46. The summed E-state index contributed by atoms with van der Waals surface area (Å²) in [5.41, 5.74) is 1.22. The van der Waals surface area contributed by atoms with Crippen molar-refractivity contribution in [2.75, 3.05) is 39.9 Å². The highest BCUT2D eigenvalue weighted by Crippen LogP contribution is 2.27. The summed E-state index contributed by atoms with van der Waals surface area (Å²) in [7, 11) is 1.67. The van der Waals surface area contributed by atoms with Crippen LogP contribution in [-0.2, 0) is 6.54 Å². The fourth-order valence-corrected chi connectivity index (χ4v) is 2.31. The maximum absolute atomic E-state index is 5.60. The predicted molar refractivity (Wildman–Crippen MR) is 88.3 cm³/mol. The van der Waals surface area contributed by atoms with Gasteiger partial charge in [-0.25, -0.2) is 0 Å². The Morgan fingerprint density at radius 2 is 1.90 bits per heavy atom. The molecule has 1 aromatic rings. The molecular formula is C17H30N2O2. The van der Waals surface area contributed by atoms with Gasteiger partial charge in [0.1, 0.15) is 0 Å². The van der Waals surface area contributed by atoms with Crippen molar-refractivity contribution in [1.29, 1.82) is 0 Å². The standard InChI is InChI=1S/C17H30N2O2/c1-5-11-19(6-2)12-10-18-14-15-8-9-16(20-4)17(13-15)21-7-3/h8-9,13,18H,5-7,10-12,14H2,1-4H3. The van der Waals surface area contributed by atoms with Crippen LogP contribution in [0.2, 0.25) is 0 Å². The molecular weight excluding hydrogens is 264 g/mol. The number of nitrogens with zero attached hydrogens (tertiary/aromatic N) is 1. The van der Waals surface area contributed by atoms with Crippen LogP contribution in [0.5, 0.6) is 11.5 Å². The van der Waals surface area contributed by atoms with Gasteiger partial charge in [-0.05, 0) is 44.1 Å². The van der Waals surface area contributed by atoms with Gasteiger partial charge in [0.2, 0.25) is 0 Å². The number of benzene rings is 1. The van der Waals surface area contributed by atoms with Gasteiger partial charge in [-0.1, -0.05) is 19.9 Å². The number of nitrogens with one attached hydrogen (secondary N) is 1. The van der Waals surface area contributed by atoms with Gasteiger partial charge in [-0.3, -0.25) is 0 Å². The van der Waals surface area contributed by atoms with Crippen molar-refractivity contribution in [3.8, 4) is 11.5 Å². The zero-order chi connectivity index (χ0) is 15.5. The Labute approximate surface area is 129 Å². The third kappa shape index (κ3) is 6.36. The Kier molecular flexibility index (Phi) is 8.87. The largest absolute Gasteiger partial charge is 0.493 e. The number of methoxy groups -OCH3 is 1. The average Bonchev–Trinajstić information content (AvgIpc) is 2.51. The van der Waals surface area contributed by atoms with Crippen LogP contribution < -0.4 is 14.8 Å². The summed E-state index contributed by atoms with van der Waals surface area (Å²) >= 11 is 0. The Bertz CT molecular complexity index is 396. The third-order valence-electron chi connectivity index (χ3n) is 3.45. The van der Waals surface area contributed by atoms with Crippen LogP contribution in [0.25, 0.3) is 0 Å². The minimum Gasteiger partial charge on any atom is -0.493 e. The van der Waals surface area contributed by atoms with E-state index in [1.165, 1.54) is 18.5 Å². The summed E-state index contributed by atoms with van der Waals surface area (Å²) in [6, 6.07) is 6.11. The lowest BCUT2D eigenvalue weighted by Crippen LogP contribution is -2.32. The molecule has 0 aliphatic rings. The first-order chi connectivity index (χ1) is 10.2. The maximum atomic E-state index is 5.60. The van der Waals surface area contributed by atoms with Crippen LogP contribution >= 0.6 is 0 Å². The molecule has 0 saturated heterocycles. The van der Waals surface area contributed by atoms with Crippen molar-refractivity contribution in [3.05, 3.63) is 23.8 Å². The van der Waals surface area contributed by atoms with E-state index in [0.29, 0.717) is 6.61 Å². The zero-order valence-corrected chi connectivity index (χ0v) is 13.9. The fraction of sp³-hybridized carbons (Fsp3) is 0.647. The van der Waals surface area contributed by atoms with Gasteiger partial charge in [0.15, 0.2) is 11.5 Å². The van der Waals surface area contributed by atoms with Crippen LogP contribution in [0, 0.1) is 0 Å². The van der Waals surface area contributed by atoms with Crippen molar-refractivity contribution in [2.45, 2.75) is 33.7 Å². The van der Waals surface area contributed by atoms with Crippen LogP contribution in [0.1, 0.15) is 32.8 Å². The van der Waals surface area contributed by atoms with E-state index >= 15 is 0 Å². The number of hydrogen-bond donors (Lipinski definition) is 1. The van der Waals surface area contributed by atoms with Crippen LogP contribution in [-0.4, -0.2) is 44.8 Å². The van der Waals surface area contributed by atoms with Gasteiger partial charge in [0.25, 0.3) is 0 Å². The molecule has 0 amide bonds. The minimum atomic E-state index is 0.649. The number of ether oxygens (including phenoxy) is 2. The summed E-state index contributed by atoms with van der Waals surface area (Å²) in [6.07, 6.45) is 1.21. The molecule has 0 atom stereocenters. The molecule has 21 heavy (non-hydrogen) atoms. The van der Waals surface area contributed by atoms with Gasteiger partial charge in [0.05, 0.1) is 13.7 Å². The van der Waals surface area contributed by atoms with E-state index < -0.39 is 0 Å². The molecule has 1 rings (SSSR count). The highest BCUT2D eigenvalue weighted by molar-refractivity contribution is 5.42. The second kappa shape index (κ2) is 10.5. The topological polar surface area (TPSA) is 33.7 Å². The average molecular weight is 294 g/mol. The molecule has 0 spiro atoms.